The average Bonchev–Trinajstić information content (AvgIpc) is 3.30. The first-order valence-electron chi connectivity index (χ1n) is 7.68. The summed E-state index contributed by atoms with van der Waals surface area (Å²) in [5.74, 6) is -0.174. The van der Waals surface area contributed by atoms with Crippen molar-refractivity contribution < 1.29 is 22.2 Å². The molecule has 0 bridgehead atoms. The highest BCUT2D eigenvalue weighted by Crippen LogP contribution is 2.46. The van der Waals surface area contributed by atoms with Gasteiger partial charge in [-0.15, -0.1) is 0 Å². The van der Waals surface area contributed by atoms with Crippen molar-refractivity contribution in [3.63, 3.8) is 0 Å². The molecule has 1 unspecified atom stereocenters. The van der Waals surface area contributed by atoms with Crippen LogP contribution in [0.1, 0.15) is 34.9 Å². The monoisotopic (exact) mass is 386 g/mol. The number of amides is 1. The third kappa shape index (κ3) is 3.22. The summed E-state index contributed by atoms with van der Waals surface area (Å²) in [7, 11) is -1.48. The molecule has 1 fully saturated rings. The molecule has 1 aliphatic carbocycles. The standard InChI is InChI=1S/C16H13F3N2O2S2/c17-16(18,19)11-3-1-2-9(6-11)7-21-12(22)8-25(23)14-15(21)24-13(20-14)10-4-5-10/h1-3,6,10H,4-5,7-8H2. The first kappa shape index (κ1) is 16.7. The van der Waals surface area contributed by atoms with Crippen molar-refractivity contribution in [2.24, 2.45) is 0 Å². The minimum Gasteiger partial charge on any atom is -0.296 e. The van der Waals surface area contributed by atoms with Gasteiger partial charge in [-0.25, -0.2) is 4.98 Å². The first-order chi connectivity index (χ1) is 11.8. The SMILES string of the molecule is O=C1CS(=O)c2nc(C3CC3)sc2N1Cc1cccc(C(F)(F)F)c1. The topological polar surface area (TPSA) is 50.3 Å². The fourth-order valence-electron chi connectivity index (χ4n) is 2.70. The van der Waals surface area contributed by atoms with E-state index in [9.17, 15) is 22.2 Å². The number of carbonyl (C=O) groups excluding carboxylic acids is 1. The number of nitrogens with zero attached hydrogens (tertiary/aromatic N) is 2. The van der Waals surface area contributed by atoms with Gasteiger partial charge < -0.3 is 0 Å². The van der Waals surface area contributed by atoms with Crippen LogP contribution in [0.2, 0.25) is 0 Å². The van der Waals surface area contributed by atoms with E-state index in [-0.39, 0.29) is 18.2 Å². The average molecular weight is 386 g/mol. The molecule has 4 nitrogen and oxygen atoms in total. The van der Waals surface area contributed by atoms with E-state index in [1.165, 1.54) is 22.3 Å². The van der Waals surface area contributed by atoms with E-state index in [0.29, 0.717) is 21.5 Å². The molecule has 1 aliphatic heterocycles. The highest BCUT2D eigenvalue weighted by Gasteiger charge is 2.37. The summed E-state index contributed by atoms with van der Waals surface area (Å²) < 4.78 is 50.8. The molecule has 1 atom stereocenters. The van der Waals surface area contributed by atoms with Gasteiger partial charge in [-0.05, 0) is 30.5 Å². The summed E-state index contributed by atoms with van der Waals surface area (Å²) in [5.41, 5.74) is -0.371. The highest BCUT2D eigenvalue weighted by molar-refractivity contribution is 7.86. The molecule has 2 heterocycles. The Labute approximate surface area is 148 Å². The summed E-state index contributed by atoms with van der Waals surface area (Å²) in [6.45, 7) is 0.0131. The van der Waals surface area contributed by atoms with Gasteiger partial charge in [0.15, 0.2) is 5.03 Å². The van der Waals surface area contributed by atoms with Crippen LogP contribution < -0.4 is 4.90 Å². The predicted octanol–water partition coefficient (Wildman–Crippen LogP) is 3.69. The van der Waals surface area contributed by atoms with Crippen LogP contribution in [0.4, 0.5) is 18.2 Å². The van der Waals surface area contributed by atoms with E-state index < -0.39 is 22.5 Å². The zero-order valence-corrected chi connectivity index (χ0v) is 14.5. The van der Waals surface area contributed by atoms with Gasteiger partial charge in [-0.3, -0.25) is 13.9 Å². The Morgan fingerprint density at radius 1 is 1.32 bits per heavy atom. The second-order valence-electron chi connectivity index (χ2n) is 6.10. The molecule has 25 heavy (non-hydrogen) atoms. The maximum atomic E-state index is 12.9. The van der Waals surface area contributed by atoms with E-state index in [1.54, 1.807) is 6.07 Å². The van der Waals surface area contributed by atoms with Gasteiger partial charge in [-0.2, -0.15) is 13.2 Å². The Kier molecular flexibility index (Phi) is 3.95. The van der Waals surface area contributed by atoms with E-state index in [0.717, 1.165) is 30.0 Å². The molecule has 2 aliphatic rings. The molecule has 4 rings (SSSR count). The van der Waals surface area contributed by atoms with Crippen LogP contribution in [0.25, 0.3) is 0 Å². The van der Waals surface area contributed by atoms with Gasteiger partial charge in [0.2, 0.25) is 5.91 Å². The van der Waals surface area contributed by atoms with Crippen LogP contribution in [0, 0.1) is 0 Å². The van der Waals surface area contributed by atoms with Crippen molar-refractivity contribution in [3.05, 3.63) is 40.4 Å². The van der Waals surface area contributed by atoms with E-state index in [1.807, 2.05) is 0 Å². The molecule has 0 spiro atoms. The van der Waals surface area contributed by atoms with Gasteiger partial charge in [-0.1, -0.05) is 23.5 Å². The predicted molar refractivity (Wildman–Crippen MR) is 88.0 cm³/mol. The lowest BCUT2D eigenvalue weighted by Gasteiger charge is -2.25. The number of benzene rings is 1. The molecule has 2 aromatic rings. The number of rotatable bonds is 3. The number of halogens is 3. The molecular formula is C16H13F3N2O2S2. The molecule has 1 aromatic heterocycles. The lowest BCUT2D eigenvalue weighted by molar-refractivity contribution is -0.137. The summed E-state index contributed by atoms with van der Waals surface area (Å²) in [6, 6.07) is 4.92. The Morgan fingerprint density at radius 3 is 2.76 bits per heavy atom. The number of carbonyl (C=O) groups is 1. The number of alkyl halides is 3. The molecule has 1 aromatic carbocycles. The quantitative estimate of drug-likeness (QED) is 0.808. The summed E-state index contributed by atoms with van der Waals surface area (Å²) in [4.78, 5) is 18.2. The van der Waals surface area contributed by atoms with Crippen molar-refractivity contribution in [2.75, 3.05) is 10.7 Å². The van der Waals surface area contributed by atoms with Crippen LogP contribution in [-0.4, -0.2) is 20.9 Å². The van der Waals surface area contributed by atoms with Crippen LogP contribution in [0.5, 0.6) is 0 Å². The molecule has 0 radical (unpaired) electrons. The number of aromatic nitrogens is 1. The molecule has 1 amide bonds. The molecular weight excluding hydrogens is 373 g/mol. The van der Waals surface area contributed by atoms with Gasteiger partial charge >= 0.3 is 6.18 Å². The fourth-order valence-corrected chi connectivity index (χ4v) is 5.33. The third-order valence-electron chi connectivity index (χ3n) is 4.13. The fraction of sp³-hybridized carbons (Fsp3) is 0.375. The van der Waals surface area contributed by atoms with Crippen molar-refractivity contribution in [3.8, 4) is 0 Å². The van der Waals surface area contributed by atoms with Crippen LogP contribution >= 0.6 is 11.3 Å². The highest BCUT2D eigenvalue weighted by atomic mass is 32.2. The summed E-state index contributed by atoms with van der Waals surface area (Å²) in [6.07, 6.45) is -2.38. The zero-order chi connectivity index (χ0) is 17.8. The largest absolute Gasteiger partial charge is 0.416 e. The van der Waals surface area contributed by atoms with Gasteiger partial charge in [0.05, 0.1) is 27.9 Å². The molecule has 0 saturated heterocycles. The van der Waals surface area contributed by atoms with Crippen molar-refractivity contribution in [1.29, 1.82) is 0 Å². The zero-order valence-electron chi connectivity index (χ0n) is 12.9. The molecule has 1 saturated carbocycles. The van der Waals surface area contributed by atoms with Crippen molar-refractivity contribution >= 4 is 33.0 Å². The second-order valence-corrected chi connectivity index (χ2v) is 8.48. The first-order valence-corrected chi connectivity index (χ1v) is 9.82. The molecule has 132 valence electrons. The Bertz CT molecular complexity index is 875. The van der Waals surface area contributed by atoms with Crippen LogP contribution in [0.15, 0.2) is 29.3 Å². The van der Waals surface area contributed by atoms with Gasteiger partial charge in [0, 0.05) is 5.92 Å². The minimum atomic E-state index is -4.43. The van der Waals surface area contributed by atoms with Gasteiger partial charge in [0.25, 0.3) is 0 Å². The summed E-state index contributed by atoms with van der Waals surface area (Å²) in [5, 5.41) is 1.76. The maximum absolute atomic E-state index is 12.9. The normalized spacial score (nSPS) is 20.7. The molecule has 0 N–H and O–H groups in total. The number of thiazole rings is 1. The number of anilines is 1. The van der Waals surface area contributed by atoms with E-state index >= 15 is 0 Å². The van der Waals surface area contributed by atoms with Crippen molar-refractivity contribution in [1.82, 2.24) is 4.98 Å². The Hall–Kier alpha value is -1.74. The lowest BCUT2D eigenvalue weighted by atomic mass is 10.1. The molecule has 9 heteroatoms. The smallest absolute Gasteiger partial charge is 0.296 e. The number of hydrogen-bond donors (Lipinski definition) is 0. The number of hydrogen-bond acceptors (Lipinski definition) is 4. The Morgan fingerprint density at radius 2 is 2.08 bits per heavy atom. The lowest BCUT2D eigenvalue weighted by Crippen LogP contribution is -2.37. The van der Waals surface area contributed by atoms with E-state index in [4.69, 9.17) is 0 Å². The van der Waals surface area contributed by atoms with Crippen molar-refractivity contribution in [2.45, 2.75) is 36.5 Å². The van der Waals surface area contributed by atoms with Crippen LogP contribution in [-0.2, 0) is 28.3 Å². The second kappa shape index (κ2) is 5.91. The van der Waals surface area contributed by atoms with Gasteiger partial charge in [0.1, 0.15) is 10.8 Å². The number of fused-ring (bicyclic) bond motifs is 1. The van der Waals surface area contributed by atoms with Crippen LogP contribution in [0.3, 0.4) is 0 Å². The summed E-state index contributed by atoms with van der Waals surface area (Å²) >= 11 is 1.33. The Balaban J connectivity index is 1.67. The van der Waals surface area contributed by atoms with E-state index in [2.05, 4.69) is 4.98 Å². The maximum Gasteiger partial charge on any atom is 0.416 e. The minimum absolute atomic E-state index is 0.0131. The third-order valence-corrected chi connectivity index (χ3v) is 6.73.